The average molecular weight is 1000 g/mol. The minimum absolute atomic E-state index is 0. The van der Waals surface area contributed by atoms with E-state index in [1.807, 2.05) is 0 Å². The number of pyridine rings is 1. The van der Waals surface area contributed by atoms with Crippen LogP contribution in [0.4, 0.5) is 55.4 Å². The number of fused-ring (bicyclic) bond motifs is 9. The van der Waals surface area contributed by atoms with Gasteiger partial charge in [-0.3, -0.25) is 0 Å². The first-order valence-corrected chi connectivity index (χ1v) is 16.9. The Balaban J connectivity index is 0.00000484. The summed E-state index contributed by atoms with van der Waals surface area (Å²) in [5.74, 6) is -21.7. The van der Waals surface area contributed by atoms with Gasteiger partial charge in [0.2, 0.25) is 11.6 Å². The maximum atomic E-state index is 15.6. The molecule has 0 spiro atoms. The van der Waals surface area contributed by atoms with Gasteiger partial charge in [0.25, 0.3) is 0 Å². The van der Waals surface area contributed by atoms with Gasteiger partial charge < -0.3 is 20.3 Å². The molecular weight excluding hydrogens is 987 g/mol. The molecule has 0 fully saturated rings. The van der Waals surface area contributed by atoms with Gasteiger partial charge >= 0.3 is 26.2 Å². The van der Waals surface area contributed by atoms with Crippen LogP contribution in [0.1, 0.15) is 11.4 Å². The van der Waals surface area contributed by atoms with Crippen molar-refractivity contribution in [3.8, 4) is 33.4 Å². The van der Waals surface area contributed by atoms with E-state index in [9.17, 15) is 26.3 Å². The van der Waals surface area contributed by atoms with Crippen LogP contribution in [0.5, 0.6) is 0 Å². The van der Waals surface area contributed by atoms with Crippen LogP contribution < -0.4 is 20.3 Å². The Bertz CT molecular complexity index is 3100. The Labute approximate surface area is 343 Å². The Morgan fingerprint density at radius 1 is 0.390 bits per heavy atom. The normalized spacial score (nSPS) is 11.7. The quantitative estimate of drug-likeness (QED) is 0.0801. The van der Waals surface area contributed by atoms with E-state index in [4.69, 9.17) is 0 Å². The molecular formula is C42H17BiF10N6. The molecule has 8 bridgehead atoms. The standard InChI is InChI=1S/C42H17F10N6.Bi/c43-33-31(34(44)38(48)41(51)37(33)47)29-23-10-8-19(55-23)20-9-11-24(56-20)30(32-35(45)39(49)42(52)40(50)36(32)46)26-15-13-22(58-26)28(21-12-14-25(29)57-21)17-4-6-18(7-5-17)54-27-3-1-2-16-53-27;/h1-16H,(H,53,54);/q-3;+3. The minimum Gasteiger partial charge on any atom is -0.658 e. The zero-order valence-corrected chi connectivity index (χ0v) is 32.7. The fourth-order valence-corrected chi connectivity index (χ4v) is 6.72. The van der Waals surface area contributed by atoms with Crippen LogP contribution in [-0.2, 0) is 0 Å². The molecule has 6 heterocycles. The van der Waals surface area contributed by atoms with Crippen LogP contribution in [0.25, 0.3) is 78.6 Å². The summed E-state index contributed by atoms with van der Waals surface area (Å²) in [7, 11) is 0. The van der Waals surface area contributed by atoms with Crippen molar-refractivity contribution in [3.63, 3.8) is 0 Å². The van der Waals surface area contributed by atoms with Crippen LogP contribution in [0.3, 0.4) is 0 Å². The van der Waals surface area contributed by atoms with Crippen molar-refractivity contribution in [3.05, 3.63) is 155 Å². The first-order chi connectivity index (χ1) is 27.9. The molecule has 0 amide bonds. The van der Waals surface area contributed by atoms with Gasteiger partial charge in [0.1, 0.15) is 5.82 Å². The largest absolute Gasteiger partial charge is 3.00 e. The van der Waals surface area contributed by atoms with Crippen molar-refractivity contribution >= 4 is 83.0 Å². The van der Waals surface area contributed by atoms with Gasteiger partial charge in [-0.2, -0.15) is 11.0 Å². The maximum absolute atomic E-state index is 15.6. The molecule has 17 heteroatoms. The number of hydrogen-bond acceptors (Lipinski definition) is 3. The first-order valence-electron chi connectivity index (χ1n) is 16.9. The molecule has 5 aromatic heterocycles. The number of benzene rings is 3. The molecule has 8 aromatic rings. The zero-order chi connectivity index (χ0) is 40.6. The van der Waals surface area contributed by atoms with Crippen molar-refractivity contribution in [2.45, 2.75) is 0 Å². The predicted octanol–water partition coefficient (Wildman–Crippen LogP) is 10.7. The molecule has 2 radical (unpaired) electrons. The van der Waals surface area contributed by atoms with Crippen molar-refractivity contribution in [2.24, 2.45) is 0 Å². The third-order valence-electron chi connectivity index (χ3n) is 9.39. The molecule has 0 aliphatic carbocycles. The van der Waals surface area contributed by atoms with Gasteiger partial charge in [0, 0.05) is 11.9 Å². The van der Waals surface area contributed by atoms with E-state index in [1.54, 1.807) is 48.7 Å². The number of anilines is 2. The van der Waals surface area contributed by atoms with E-state index in [0.717, 1.165) is 0 Å². The summed E-state index contributed by atoms with van der Waals surface area (Å²) in [5, 5.41) is 3.12. The van der Waals surface area contributed by atoms with E-state index >= 15 is 17.6 Å². The van der Waals surface area contributed by atoms with E-state index in [0.29, 0.717) is 17.1 Å². The van der Waals surface area contributed by atoms with Gasteiger partial charge in [-0.1, -0.05) is 54.6 Å². The molecule has 0 atom stereocenters. The average Bonchev–Trinajstić information content (AvgIpc) is 4.08. The Morgan fingerprint density at radius 2 is 0.797 bits per heavy atom. The fraction of sp³-hybridized carbons (Fsp3) is 0. The first kappa shape index (κ1) is 39.4. The van der Waals surface area contributed by atoms with Crippen LogP contribution in [-0.4, -0.2) is 36.2 Å². The summed E-state index contributed by atoms with van der Waals surface area (Å²) in [5.41, 5.74) is -3.98. The zero-order valence-electron chi connectivity index (χ0n) is 29.2. The van der Waals surface area contributed by atoms with E-state index in [1.165, 1.54) is 48.6 Å². The number of nitrogens with one attached hydrogen (secondary N) is 1. The molecule has 290 valence electrons. The minimum atomic E-state index is -2.38. The molecule has 3 aromatic carbocycles. The van der Waals surface area contributed by atoms with Crippen LogP contribution in [0.15, 0.2) is 85.1 Å². The Kier molecular flexibility index (Phi) is 10.0. The Morgan fingerprint density at radius 3 is 1.29 bits per heavy atom. The fourth-order valence-electron chi connectivity index (χ4n) is 6.72. The summed E-state index contributed by atoms with van der Waals surface area (Å²) in [6.45, 7) is 0. The van der Waals surface area contributed by atoms with Crippen molar-refractivity contribution < 1.29 is 43.9 Å². The number of halogens is 10. The summed E-state index contributed by atoms with van der Waals surface area (Å²) in [6, 6.07) is 19.4. The van der Waals surface area contributed by atoms with Crippen LogP contribution >= 0.6 is 0 Å². The van der Waals surface area contributed by atoms with Crippen molar-refractivity contribution in [1.82, 2.24) is 24.9 Å². The molecule has 1 aliphatic heterocycles. The number of nitrogens with zero attached hydrogens (tertiary/aromatic N) is 5. The maximum Gasteiger partial charge on any atom is 3.00 e. The van der Waals surface area contributed by atoms with Gasteiger partial charge in [-0.15, -0.1) is 22.1 Å². The van der Waals surface area contributed by atoms with Gasteiger partial charge in [-0.05, 0) is 58.7 Å². The molecule has 1 aliphatic rings. The second-order valence-corrected chi connectivity index (χ2v) is 12.8. The summed E-state index contributed by atoms with van der Waals surface area (Å²) < 4.78 is 150. The van der Waals surface area contributed by atoms with Gasteiger partial charge in [0.15, 0.2) is 46.5 Å². The predicted molar refractivity (Wildman–Crippen MR) is 201 cm³/mol. The smallest absolute Gasteiger partial charge is 0.658 e. The number of hydrogen-bond donors (Lipinski definition) is 1. The third-order valence-corrected chi connectivity index (χ3v) is 9.39. The van der Waals surface area contributed by atoms with Gasteiger partial charge in [0.05, 0.1) is 22.5 Å². The van der Waals surface area contributed by atoms with Gasteiger partial charge in [-0.25, -0.2) is 53.9 Å². The van der Waals surface area contributed by atoms with Crippen LogP contribution in [0.2, 0.25) is 0 Å². The summed E-state index contributed by atoms with van der Waals surface area (Å²) in [6.07, 6.45) is 4.21. The van der Waals surface area contributed by atoms with Crippen LogP contribution in [0, 0.1) is 58.2 Å². The summed E-state index contributed by atoms with van der Waals surface area (Å²) in [4.78, 5) is 22.1. The number of rotatable bonds is 5. The molecule has 59 heavy (non-hydrogen) atoms. The second-order valence-electron chi connectivity index (χ2n) is 12.8. The van der Waals surface area contributed by atoms with Crippen molar-refractivity contribution in [2.75, 3.05) is 5.32 Å². The Hall–Kier alpha value is -6.48. The van der Waals surface area contributed by atoms with E-state index in [-0.39, 0.29) is 76.3 Å². The monoisotopic (exact) mass is 1000 g/mol. The molecule has 0 saturated carbocycles. The molecule has 6 nitrogen and oxygen atoms in total. The van der Waals surface area contributed by atoms with E-state index < -0.39 is 80.4 Å². The summed E-state index contributed by atoms with van der Waals surface area (Å²) >= 11 is 0. The molecule has 9 rings (SSSR count). The van der Waals surface area contributed by atoms with Crippen molar-refractivity contribution in [1.29, 1.82) is 0 Å². The SMILES string of the molecule is Fc1c(F)c(F)c(-c2c3nc(c(-c4ccc(Nc5ccccn5)cc4)c4ccc([n-]4)c(-c4c(F)c(F)c(F)c(F)c4F)c4ccc([n-]4)c4ccc2[n-]4)C=C3)c(F)c1F.[Bi+3]. The molecule has 1 N–H and O–H groups in total. The molecule has 0 saturated heterocycles. The molecule has 0 unspecified atom stereocenters. The number of aromatic nitrogens is 5. The van der Waals surface area contributed by atoms with E-state index in [2.05, 4.69) is 30.2 Å². The topological polar surface area (TPSA) is 80.1 Å². The second kappa shape index (κ2) is 15.0. The third kappa shape index (κ3) is 6.49.